The van der Waals surface area contributed by atoms with Crippen molar-refractivity contribution >= 4 is 21.6 Å². The SMILES string of the molecule is CCN1C(=O)CCc2cc(CNS(=O)(=O)Cc3cc(F)ccc3F)ccc21. The van der Waals surface area contributed by atoms with Gasteiger partial charge in [0.15, 0.2) is 0 Å². The van der Waals surface area contributed by atoms with Gasteiger partial charge in [0.2, 0.25) is 15.9 Å². The maximum Gasteiger partial charge on any atom is 0.227 e. The molecule has 0 aromatic heterocycles. The molecule has 1 N–H and O–H groups in total. The molecule has 0 radical (unpaired) electrons. The summed E-state index contributed by atoms with van der Waals surface area (Å²) < 4.78 is 53.7. The summed E-state index contributed by atoms with van der Waals surface area (Å²) in [6.07, 6.45) is 1.04. The number of amides is 1. The van der Waals surface area contributed by atoms with Crippen LogP contribution in [0.15, 0.2) is 36.4 Å². The van der Waals surface area contributed by atoms with Crippen LogP contribution < -0.4 is 9.62 Å². The number of nitrogens with one attached hydrogen (secondary N) is 1. The van der Waals surface area contributed by atoms with E-state index in [0.717, 1.165) is 35.0 Å². The number of benzene rings is 2. The molecule has 5 nitrogen and oxygen atoms in total. The van der Waals surface area contributed by atoms with Crippen LogP contribution in [0.25, 0.3) is 0 Å². The monoisotopic (exact) mass is 394 g/mol. The molecule has 2 aromatic carbocycles. The number of anilines is 1. The van der Waals surface area contributed by atoms with E-state index in [9.17, 15) is 22.0 Å². The first-order valence-corrected chi connectivity index (χ1v) is 10.3. The first-order valence-electron chi connectivity index (χ1n) is 8.62. The van der Waals surface area contributed by atoms with Crippen molar-refractivity contribution in [3.05, 3.63) is 64.7 Å². The summed E-state index contributed by atoms with van der Waals surface area (Å²) in [6, 6.07) is 8.16. The highest BCUT2D eigenvalue weighted by Crippen LogP contribution is 2.28. The number of rotatable bonds is 6. The van der Waals surface area contributed by atoms with Crippen LogP contribution in [-0.4, -0.2) is 20.9 Å². The standard InChI is InChI=1S/C19H20F2N2O3S/c1-2-23-18-7-3-13(9-14(18)4-8-19(23)24)11-22-27(25,26)12-15-10-16(20)5-6-17(15)21/h3,5-7,9-10,22H,2,4,8,11-12H2,1H3. The van der Waals surface area contributed by atoms with E-state index in [1.807, 2.05) is 19.1 Å². The summed E-state index contributed by atoms with van der Waals surface area (Å²) in [4.78, 5) is 13.6. The lowest BCUT2D eigenvalue weighted by Crippen LogP contribution is -2.34. The Labute approximate surface area is 157 Å². The van der Waals surface area contributed by atoms with Gasteiger partial charge in [-0.25, -0.2) is 21.9 Å². The number of sulfonamides is 1. The quantitative estimate of drug-likeness (QED) is 0.819. The predicted octanol–water partition coefficient (Wildman–Crippen LogP) is 2.88. The van der Waals surface area contributed by atoms with Crippen molar-refractivity contribution in [3.8, 4) is 0 Å². The molecule has 8 heteroatoms. The van der Waals surface area contributed by atoms with Crippen molar-refractivity contribution in [2.24, 2.45) is 0 Å². The van der Waals surface area contributed by atoms with Gasteiger partial charge in [-0.2, -0.15) is 0 Å². The molecule has 0 bridgehead atoms. The molecule has 1 aliphatic rings. The Hall–Kier alpha value is -2.32. The number of nitrogens with zero attached hydrogens (tertiary/aromatic N) is 1. The molecular weight excluding hydrogens is 374 g/mol. The van der Waals surface area contributed by atoms with E-state index in [1.165, 1.54) is 0 Å². The summed E-state index contributed by atoms with van der Waals surface area (Å²) >= 11 is 0. The summed E-state index contributed by atoms with van der Waals surface area (Å²) in [7, 11) is -3.84. The molecule has 1 amide bonds. The van der Waals surface area contributed by atoms with Crippen LogP contribution in [0.2, 0.25) is 0 Å². The largest absolute Gasteiger partial charge is 0.312 e. The van der Waals surface area contributed by atoms with Crippen molar-refractivity contribution in [1.29, 1.82) is 0 Å². The Kier molecular flexibility index (Phi) is 5.57. The molecule has 27 heavy (non-hydrogen) atoms. The number of carbonyl (C=O) groups excluding carboxylic acids is 1. The third-order valence-electron chi connectivity index (χ3n) is 4.51. The maximum atomic E-state index is 13.7. The smallest absolute Gasteiger partial charge is 0.227 e. The summed E-state index contributed by atoms with van der Waals surface area (Å²) in [5, 5.41) is 0. The van der Waals surface area contributed by atoms with Crippen molar-refractivity contribution < 1.29 is 22.0 Å². The predicted molar refractivity (Wildman–Crippen MR) is 98.6 cm³/mol. The second kappa shape index (κ2) is 7.74. The molecule has 0 saturated carbocycles. The van der Waals surface area contributed by atoms with E-state index in [1.54, 1.807) is 11.0 Å². The van der Waals surface area contributed by atoms with E-state index in [2.05, 4.69) is 4.72 Å². The number of hydrogen-bond acceptors (Lipinski definition) is 3. The second-order valence-corrected chi connectivity index (χ2v) is 8.22. The average Bonchev–Trinajstić information content (AvgIpc) is 2.63. The third kappa shape index (κ3) is 4.51. The summed E-state index contributed by atoms with van der Waals surface area (Å²) in [6.45, 7) is 2.52. The van der Waals surface area contributed by atoms with E-state index < -0.39 is 27.4 Å². The Balaban J connectivity index is 1.71. The van der Waals surface area contributed by atoms with Crippen LogP contribution in [0.1, 0.15) is 30.0 Å². The Morgan fingerprint density at radius 2 is 1.89 bits per heavy atom. The van der Waals surface area contributed by atoms with Crippen molar-refractivity contribution in [2.75, 3.05) is 11.4 Å². The molecule has 3 rings (SSSR count). The van der Waals surface area contributed by atoms with Crippen LogP contribution in [0.5, 0.6) is 0 Å². The Bertz CT molecular complexity index is 977. The maximum absolute atomic E-state index is 13.7. The van der Waals surface area contributed by atoms with Gasteiger partial charge in [-0.15, -0.1) is 0 Å². The summed E-state index contributed by atoms with van der Waals surface area (Å²) in [5.74, 6) is -2.01. The Morgan fingerprint density at radius 1 is 1.11 bits per heavy atom. The van der Waals surface area contributed by atoms with E-state index in [0.29, 0.717) is 19.4 Å². The van der Waals surface area contributed by atoms with Gasteiger partial charge < -0.3 is 4.90 Å². The van der Waals surface area contributed by atoms with Gasteiger partial charge in [-0.3, -0.25) is 4.79 Å². The number of aryl methyl sites for hydroxylation is 1. The summed E-state index contributed by atoms with van der Waals surface area (Å²) in [5.41, 5.74) is 2.36. The Morgan fingerprint density at radius 3 is 2.63 bits per heavy atom. The fraction of sp³-hybridized carbons (Fsp3) is 0.316. The van der Waals surface area contributed by atoms with Crippen LogP contribution in [0.4, 0.5) is 14.5 Å². The minimum atomic E-state index is -3.84. The van der Waals surface area contributed by atoms with Gasteiger partial charge in [0.05, 0.1) is 5.75 Å². The van der Waals surface area contributed by atoms with E-state index in [4.69, 9.17) is 0 Å². The molecular formula is C19H20F2N2O3S. The van der Waals surface area contributed by atoms with Crippen LogP contribution in [0, 0.1) is 11.6 Å². The van der Waals surface area contributed by atoms with Crippen LogP contribution in [0.3, 0.4) is 0 Å². The molecule has 0 saturated heterocycles. The van der Waals surface area contributed by atoms with Gasteiger partial charge in [0, 0.05) is 30.8 Å². The third-order valence-corrected chi connectivity index (χ3v) is 5.78. The first-order chi connectivity index (χ1) is 12.8. The molecule has 0 aliphatic carbocycles. The zero-order chi connectivity index (χ0) is 19.6. The highest BCUT2D eigenvalue weighted by Gasteiger charge is 2.23. The fourth-order valence-electron chi connectivity index (χ4n) is 3.17. The molecule has 144 valence electrons. The molecule has 0 unspecified atom stereocenters. The lowest BCUT2D eigenvalue weighted by atomic mass is 9.99. The number of halogens is 2. The number of carbonyl (C=O) groups is 1. The van der Waals surface area contributed by atoms with Gasteiger partial charge in [-0.05, 0) is 48.7 Å². The van der Waals surface area contributed by atoms with E-state index in [-0.39, 0.29) is 18.0 Å². The number of hydrogen-bond donors (Lipinski definition) is 1. The molecule has 2 aromatic rings. The topological polar surface area (TPSA) is 66.5 Å². The van der Waals surface area contributed by atoms with Crippen molar-refractivity contribution in [3.63, 3.8) is 0 Å². The van der Waals surface area contributed by atoms with E-state index >= 15 is 0 Å². The second-order valence-electron chi connectivity index (χ2n) is 6.42. The minimum absolute atomic E-state index is 0.0343. The van der Waals surface area contributed by atoms with Gasteiger partial charge in [0.1, 0.15) is 11.6 Å². The zero-order valence-corrected chi connectivity index (χ0v) is 15.7. The normalized spacial score (nSPS) is 14.3. The van der Waals surface area contributed by atoms with Gasteiger partial charge >= 0.3 is 0 Å². The van der Waals surface area contributed by atoms with Crippen molar-refractivity contribution in [2.45, 2.75) is 32.1 Å². The molecule has 0 atom stereocenters. The molecule has 0 fully saturated rings. The average molecular weight is 394 g/mol. The van der Waals surface area contributed by atoms with Crippen molar-refractivity contribution in [1.82, 2.24) is 4.72 Å². The van der Waals surface area contributed by atoms with Gasteiger partial charge in [0.25, 0.3) is 0 Å². The molecule has 0 spiro atoms. The van der Waals surface area contributed by atoms with Gasteiger partial charge in [-0.1, -0.05) is 12.1 Å². The number of fused-ring (bicyclic) bond motifs is 1. The minimum Gasteiger partial charge on any atom is -0.312 e. The molecule has 1 heterocycles. The highest BCUT2D eigenvalue weighted by molar-refractivity contribution is 7.88. The van der Waals surface area contributed by atoms with Crippen LogP contribution in [-0.2, 0) is 33.5 Å². The van der Waals surface area contributed by atoms with Crippen LogP contribution >= 0.6 is 0 Å². The fourth-order valence-corrected chi connectivity index (χ4v) is 4.29. The first kappa shape index (κ1) is 19.4. The lowest BCUT2D eigenvalue weighted by molar-refractivity contribution is -0.118. The highest BCUT2D eigenvalue weighted by atomic mass is 32.2. The molecule has 1 aliphatic heterocycles. The lowest BCUT2D eigenvalue weighted by Gasteiger charge is -2.28. The zero-order valence-electron chi connectivity index (χ0n) is 14.8.